The second kappa shape index (κ2) is 5.89. The molecule has 0 aliphatic heterocycles. The summed E-state index contributed by atoms with van der Waals surface area (Å²) in [5.74, 6) is 0. The molecule has 3 heteroatoms. The van der Waals surface area contributed by atoms with Crippen LogP contribution in [0, 0.1) is 5.21 Å². The van der Waals surface area contributed by atoms with Crippen molar-refractivity contribution in [2.75, 3.05) is 0 Å². The Kier molecular flexibility index (Phi) is 4.23. The topological polar surface area (TPSA) is 26.1 Å². The molecule has 19 heavy (non-hydrogen) atoms. The summed E-state index contributed by atoms with van der Waals surface area (Å²) in [4.78, 5) is 0. The summed E-state index contributed by atoms with van der Waals surface area (Å²) in [5.41, 5.74) is 2.46. The van der Waals surface area contributed by atoms with E-state index in [2.05, 4.69) is 0 Å². The number of hydrogen-bond acceptors (Lipinski definition) is 1. The van der Waals surface area contributed by atoms with E-state index < -0.39 is 0 Å². The van der Waals surface area contributed by atoms with E-state index in [0.29, 0.717) is 10.7 Å². The van der Waals surface area contributed by atoms with E-state index in [9.17, 15) is 5.21 Å². The van der Waals surface area contributed by atoms with Gasteiger partial charge in [-0.05, 0) is 50.2 Å². The SMILES string of the molecule is CC(C)/[N+]([O-])=C(/c1ccccc1)c1ccc(Cl)cc1. The Labute approximate surface area is 118 Å². The van der Waals surface area contributed by atoms with Crippen molar-refractivity contribution in [3.8, 4) is 0 Å². The summed E-state index contributed by atoms with van der Waals surface area (Å²) in [6.07, 6.45) is 0. The lowest BCUT2D eigenvalue weighted by atomic mass is 10.0. The quantitative estimate of drug-likeness (QED) is 0.358. The lowest BCUT2D eigenvalue weighted by Gasteiger charge is -2.14. The molecule has 0 saturated carbocycles. The minimum Gasteiger partial charge on any atom is -0.623 e. The zero-order valence-electron chi connectivity index (χ0n) is 11.0. The Morgan fingerprint density at radius 1 is 0.947 bits per heavy atom. The molecule has 0 aliphatic rings. The highest BCUT2D eigenvalue weighted by molar-refractivity contribution is 6.30. The van der Waals surface area contributed by atoms with Crippen LogP contribution in [0.15, 0.2) is 54.6 Å². The van der Waals surface area contributed by atoms with Gasteiger partial charge in [-0.25, -0.2) is 4.74 Å². The van der Waals surface area contributed by atoms with Crippen molar-refractivity contribution in [2.45, 2.75) is 19.9 Å². The van der Waals surface area contributed by atoms with Gasteiger partial charge in [0.1, 0.15) is 0 Å². The Morgan fingerprint density at radius 2 is 1.47 bits per heavy atom. The Hall–Kier alpha value is -1.80. The van der Waals surface area contributed by atoms with Gasteiger partial charge in [-0.15, -0.1) is 0 Å². The van der Waals surface area contributed by atoms with Crippen molar-refractivity contribution in [3.05, 3.63) is 76.0 Å². The lowest BCUT2D eigenvalue weighted by Crippen LogP contribution is -2.24. The molecule has 0 aromatic heterocycles. The molecule has 2 nitrogen and oxygen atoms in total. The fourth-order valence-corrected chi connectivity index (χ4v) is 2.01. The van der Waals surface area contributed by atoms with Gasteiger partial charge in [0.05, 0.1) is 0 Å². The van der Waals surface area contributed by atoms with Crippen LogP contribution in [-0.4, -0.2) is 16.5 Å². The molecule has 98 valence electrons. The third-order valence-corrected chi connectivity index (χ3v) is 3.11. The van der Waals surface area contributed by atoms with Gasteiger partial charge in [0.25, 0.3) is 0 Å². The van der Waals surface area contributed by atoms with Crippen LogP contribution in [0.2, 0.25) is 5.02 Å². The first kappa shape index (κ1) is 13.6. The summed E-state index contributed by atoms with van der Waals surface area (Å²) in [5, 5.41) is 13.0. The Morgan fingerprint density at radius 3 is 2.00 bits per heavy atom. The normalized spacial score (nSPS) is 12.4. The lowest BCUT2D eigenvalue weighted by molar-refractivity contribution is -0.491. The van der Waals surface area contributed by atoms with Crippen LogP contribution >= 0.6 is 11.6 Å². The molecule has 0 bridgehead atoms. The van der Waals surface area contributed by atoms with E-state index in [-0.39, 0.29) is 6.04 Å². The van der Waals surface area contributed by atoms with Crippen molar-refractivity contribution in [3.63, 3.8) is 0 Å². The number of hydroxylamine groups is 1. The van der Waals surface area contributed by atoms with Crippen molar-refractivity contribution < 1.29 is 4.74 Å². The van der Waals surface area contributed by atoms with Gasteiger partial charge in [0, 0.05) is 16.1 Å². The number of halogens is 1. The van der Waals surface area contributed by atoms with E-state index in [1.807, 2.05) is 56.3 Å². The first-order valence-corrected chi connectivity index (χ1v) is 6.62. The smallest absolute Gasteiger partial charge is 0.225 e. The minimum atomic E-state index is -0.120. The van der Waals surface area contributed by atoms with Crippen molar-refractivity contribution in [1.82, 2.24) is 0 Å². The van der Waals surface area contributed by atoms with Crippen LogP contribution in [0.3, 0.4) is 0 Å². The summed E-state index contributed by atoms with van der Waals surface area (Å²) in [6, 6.07) is 16.9. The predicted octanol–water partition coefficient (Wildman–Crippen LogP) is 4.10. The van der Waals surface area contributed by atoms with Gasteiger partial charge in [-0.2, -0.15) is 0 Å². The number of benzene rings is 2. The molecule has 2 rings (SSSR count). The molecule has 0 saturated heterocycles. The zero-order valence-corrected chi connectivity index (χ0v) is 11.8. The molecule has 2 aromatic rings. The molecule has 0 spiro atoms. The summed E-state index contributed by atoms with van der Waals surface area (Å²) in [6.45, 7) is 3.76. The maximum absolute atomic E-state index is 12.4. The standard InChI is InChI=1S/C16H16ClNO/c1-12(2)18(19)16(13-6-4-3-5-7-13)14-8-10-15(17)11-9-14/h3-12H,1-2H3/b18-16+. The van der Waals surface area contributed by atoms with Crippen LogP contribution in [0.5, 0.6) is 0 Å². The number of rotatable bonds is 3. The van der Waals surface area contributed by atoms with Gasteiger partial charge >= 0.3 is 0 Å². The average Bonchev–Trinajstić information content (AvgIpc) is 2.42. The monoisotopic (exact) mass is 273 g/mol. The molecule has 0 heterocycles. The highest BCUT2D eigenvalue weighted by atomic mass is 35.5. The second-order valence-electron chi connectivity index (χ2n) is 4.64. The molecular formula is C16H16ClNO. The molecule has 0 amide bonds. The van der Waals surface area contributed by atoms with Crippen LogP contribution in [-0.2, 0) is 0 Å². The van der Waals surface area contributed by atoms with Crippen LogP contribution < -0.4 is 0 Å². The highest BCUT2D eigenvalue weighted by Gasteiger charge is 2.17. The predicted molar refractivity (Wildman–Crippen MR) is 79.9 cm³/mol. The first-order valence-electron chi connectivity index (χ1n) is 6.24. The summed E-state index contributed by atoms with van der Waals surface area (Å²) in [7, 11) is 0. The van der Waals surface area contributed by atoms with Crippen molar-refractivity contribution in [1.29, 1.82) is 0 Å². The Bertz CT molecular complexity index is 573. The molecular weight excluding hydrogens is 258 g/mol. The van der Waals surface area contributed by atoms with Gasteiger partial charge in [-0.3, -0.25) is 0 Å². The van der Waals surface area contributed by atoms with Crippen LogP contribution in [0.1, 0.15) is 25.0 Å². The molecule has 0 atom stereocenters. The van der Waals surface area contributed by atoms with Crippen LogP contribution in [0.25, 0.3) is 0 Å². The third kappa shape index (κ3) is 3.15. The summed E-state index contributed by atoms with van der Waals surface area (Å²) < 4.78 is 1.04. The van der Waals surface area contributed by atoms with Crippen molar-refractivity contribution >= 4 is 17.3 Å². The van der Waals surface area contributed by atoms with Gasteiger partial charge in [-0.1, -0.05) is 29.8 Å². The van der Waals surface area contributed by atoms with E-state index >= 15 is 0 Å². The number of nitrogens with zero attached hydrogens (tertiary/aromatic N) is 1. The van der Waals surface area contributed by atoms with E-state index in [4.69, 9.17) is 11.6 Å². The maximum Gasteiger partial charge on any atom is 0.225 e. The molecule has 0 N–H and O–H groups in total. The first-order chi connectivity index (χ1) is 9.09. The third-order valence-electron chi connectivity index (χ3n) is 2.85. The molecule has 0 unspecified atom stereocenters. The summed E-state index contributed by atoms with van der Waals surface area (Å²) >= 11 is 5.90. The Balaban J connectivity index is 2.59. The van der Waals surface area contributed by atoms with E-state index in [1.165, 1.54) is 0 Å². The molecule has 0 radical (unpaired) electrons. The average molecular weight is 274 g/mol. The largest absolute Gasteiger partial charge is 0.623 e. The maximum atomic E-state index is 12.4. The molecule has 0 fully saturated rings. The molecule has 0 aliphatic carbocycles. The highest BCUT2D eigenvalue weighted by Crippen LogP contribution is 2.15. The van der Waals surface area contributed by atoms with Gasteiger partial charge in [0.15, 0.2) is 6.04 Å². The van der Waals surface area contributed by atoms with Gasteiger partial charge < -0.3 is 5.21 Å². The van der Waals surface area contributed by atoms with E-state index in [0.717, 1.165) is 15.9 Å². The van der Waals surface area contributed by atoms with Crippen LogP contribution in [0.4, 0.5) is 0 Å². The minimum absolute atomic E-state index is 0.120. The van der Waals surface area contributed by atoms with Crippen molar-refractivity contribution in [2.24, 2.45) is 0 Å². The number of hydrogen-bond donors (Lipinski definition) is 0. The molecule has 2 aromatic carbocycles. The fraction of sp³-hybridized carbons (Fsp3) is 0.188. The van der Waals surface area contributed by atoms with E-state index in [1.54, 1.807) is 12.1 Å². The fourth-order valence-electron chi connectivity index (χ4n) is 1.88. The zero-order chi connectivity index (χ0) is 13.8. The second-order valence-corrected chi connectivity index (χ2v) is 5.08. The van der Waals surface area contributed by atoms with Gasteiger partial charge in [0.2, 0.25) is 5.71 Å².